The summed E-state index contributed by atoms with van der Waals surface area (Å²) in [5, 5.41) is 3.21. The van der Waals surface area contributed by atoms with Gasteiger partial charge in [0.15, 0.2) is 0 Å². The number of nitrogens with one attached hydrogen (secondary N) is 1. The molecule has 0 radical (unpaired) electrons. The molecule has 1 saturated carbocycles. The summed E-state index contributed by atoms with van der Waals surface area (Å²) in [5.41, 5.74) is 4.85. The summed E-state index contributed by atoms with van der Waals surface area (Å²) in [4.78, 5) is 30.1. The summed E-state index contributed by atoms with van der Waals surface area (Å²) < 4.78 is 29.7. The molecule has 0 heterocycles. The molecule has 1 atom stereocenters. The molecule has 230 valence electrons. The van der Waals surface area contributed by atoms with E-state index in [0.29, 0.717) is 12.1 Å². The number of aryl methyl sites for hydroxylation is 3. The zero-order valence-electron chi connectivity index (χ0n) is 25.9. The molecule has 0 saturated heterocycles. The van der Waals surface area contributed by atoms with Gasteiger partial charge in [0.05, 0.1) is 5.69 Å². The lowest BCUT2D eigenvalue weighted by atomic mass is 10.0. The van der Waals surface area contributed by atoms with Crippen molar-refractivity contribution in [2.24, 2.45) is 0 Å². The van der Waals surface area contributed by atoms with Gasteiger partial charge in [-0.3, -0.25) is 9.59 Å². The fraction of sp³-hybridized carbons (Fsp3) is 0.412. The van der Waals surface area contributed by atoms with Gasteiger partial charge < -0.3 is 10.2 Å². The quantitative estimate of drug-likeness (QED) is 0.318. The minimum Gasteiger partial charge on any atom is -0.352 e. The van der Waals surface area contributed by atoms with E-state index < -0.39 is 28.7 Å². The number of anilines is 1. The Bertz CT molecular complexity index is 1520. The molecule has 0 aliphatic heterocycles. The molecule has 1 aliphatic rings. The molecule has 1 fully saturated rings. The van der Waals surface area contributed by atoms with Crippen LogP contribution in [0.4, 0.5) is 5.69 Å². The van der Waals surface area contributed by atoms with Crippen molar-refractivity contribution in [3.63, 3.8) is 0 Å². The summed E-state index contributed by atoms with van der Waals surface area (Å²) in [6.45, 7) is 5.42. The zero-order chi connectivity index (χ0) is 31.1. The first-order valence-corrected chi connectivity index (χ1v) is 16.3. The molecule has 4 rings (SSSR count). The van der Waals surface area contributed by atoms with Gasteiger partial charge in [0.2, 0.25) is 11.8 Å². The average Bonchev–Trinajstić information content (AvgIpc) is 3.49. The van der Waals surface area contributed by atoms with Crippen molar-refractivity contribution in [2.75, 3.05) is 24.9 Å². The fourth-order valence-corrected chi connectivity index (χ4v) is 6.70. The Morgan fingerprint density at radius 2 is 1.53 bits per heavy atom. The van der Waals surface area contributed by atoms with Gasteiger partial charge >= 0.3 is 10.2 Å². The first-order valence-electron chi connectivity index (χ1n) is 14.9. The SMILES string of the molecule is Cc1ccc(C)c(N(CC(=O)N(Cc2ccccc2C)[C@H](Cc2ccccc2)C(=O)NC2CCCC2)S(=O)(=O)N(C)C)c1. The van der Waals surface area contributed by atoms with Crippen molar-refractivity contribution in [3.8, 4) is 0 Å². The van der Waals surface area contributed by atoms with Crippen LogP contribution in [0.15, 0.2) is 72.8 Å². The molecule has 0 bridgehead atoms. The van der Waals surface area contributed by atoms with E-state index in [4.69, 9.17) is 0 Å². The highest BCUT2D eigenvalue weighted by Crippen LogP contribution is 2.27. The molecule has 1 aliphatic carbocycles. The van der Waals surface area contributed by atoms with E-state index in [9.17, 15) is 18.0 Å². The Labute approximate surface area is 256 Å². The van der Waals surface area contributed by atoms with E-state index in [2.05, 4.69) is 5.32 Å². The van der Waals surface area contributed by atoms with Crippen molar-refractivity contribution >= 4 is 27.7 Å². The first-order chi connectivity index (χ1) is 20.5. The molecule has 3 aromatic carbocycles. The van der Waals surface area contributed by atoms with E-state index in [0.717, 1.165) is 62.1 Å². The third-order valence-electron chi connectivity index (χ3n) is 8.23. The standard InChI is InChI=1S/C34H44N4O4S/c1-25-19-20-27(3)31(21-25)38(43(41,42)36(4)5)24-33(39)37(23-29-16-10-9-13-26(29)2)32(22-28-14-7-6-8-15-28)34(40)35-30-17-11-12-18-30/h6-10,13-16,19-21,30,32H,11-12,17-18,22-24H2,1-5H3,(H,35,40)/t32-/m1/s1. The fourth-order valence-electron chi connectivity index (χ4n) is 5.58. The second kappa shape index (κ2) is 14.2. The lowest BCUT2D eigenvalue weighted by Gasteiger charge is -2.35. The number of hydrogen-bond acceptors (Lipinski definition) is 4. The van der Waals surface area contributed by atoms with Gasteiger partial charge in [-0.1, -0.05) is 79.6 Å². The molecule has 3 aromatic rings. The average molecular weight is 605 g/mol. The number of hydrogen-bond donors (Lipinski definition) is 1. The molecule has 0 spiro atoms. The monoisotopic (exact) mass is 604 g/mol. The van der Waals surface area contributed by atoms with E-state index in [-0.39, 0.29) is 18.5 Å². The van der Waals surface area contributed by atoms with Gasteiger partial charge in [-0.15, -0.1) is 0 Å². The lowest BCUT2D eigenvalue weighted by molar-refractivity contribution is -0.140. The maximum Gasteiger partial charge on any atom is 0.304 e. The molecular formula is C34H44N4O4S. The highest BCUT2D eigenvalue weighted by atomic mass is 32.2. The van der Waals surface area contributed by atoms with Crippen LogP contribution in [-0.2, 0) is 32.8 Å². The number of carbonyl (C=O) groups is 2. The topological polar surface area (TPSA) is 90.0 Å². The van der Waals surface area contributed by atoms with Gasteiger partial charge in [0.25, 0.3) is 0 Å². The summed E-state index contributed by atoms with van der Waals surface area (Å²) in [7, 11) is -1.14. The van der Waals surface area contributed by atoms with Gasteiger partial charge in [0, 0.05) is 33.1 Å². The summed E-state index contributed by atoms with van der Waals surface area (Å²) in [5.74, 6) is -0.663. The highest BCUT2D eigenvalue weighted by molar-refractivity contribution is 7.90. The molecule has 43 heavy (non-hydrogen) atoms. The van der Waals surface area contributed by atoms with Crippen LogP contribution in [0, 0.1) is 20.8 Å². The second-order valence-electron chi connectivity index (χ2n) is 11.7. The zero-order valence-corrected chi connectivity index (χ0v) is 26.7. The second-order valence-corrected chi connectivity index (χ2v) is 13.8. The molecule has 0 unspecified atom stereocenters. The summed E-state index contributed by atoms with van der Waals surface area (Å²) in [6, 6.07) is 22.2. The van der Waals surface area contributed by atoms with Gasteiger partial charge in [0.1, 0.15) is 12.6 Å². The number of rotatable bonds is 12. The predicted octanol–water partition coefficient (Wildman–Crippen LogP) is 4.92. The van der Waals surface area contributed by atoms with E-state index in [1.165, 1.54) is 14.1 Å². The Balaban J connectivity index is 1.79. The molecule has 9 heteroatoms. The minimum atomic E-state index is -4.05. The number of nitrogens with zero attached hydrogens (tertiary/aromatic N) is 3. The van der Waals surface area contributed by atoms with Crippen LogP contribution in [-0.4, -0.2) is 62.2 Å². The maximum atomic E-state index is 14.5. The van der Waals surface area contributed by atoms with Crippen LogP contribution in [0.1, 0.15) is 53.5 Å². The Morgan fingerprint density at radius 1 is 0.884 bits per heavy atom. The van der Waals surface area contributed by atoms with E-state index >= 15 is 0 Å². The number of benzene rings is 3. The van der Waals surface area contributed by atoms with Crippen LogP contribution < -0.4 is 9.62 Å². The highest BCUT2D eigenvalue weighted by Gasteiger charge is 2.36. The smallest absolute Gasteiger partial charge is 0.304 e. The van der Waals surface area contributed by atoms with Crippen LogP contribution in [0.3, 0.4) is 0 Å². The van der Waals surface area contributed by atoms with Crippen molar-refractivity contribution in [1.29, 1.82) is 0 Å². The Morgan fingerprint density at radius 3 is 2.19 bits per heavy atom. The lowest BCUT2D eigenvalue weighted by Crippen LogP contribution is -2.55. The van der Waals surface area contributed by atoms with Crippen LogP contribution in [0.25, 0.3) is 0 Å². The summed E-state index contributed by atoms with van der Waals surface area (Å²) in [6.07, 6.45) is 4.26. The van der Waals surface area contributed by atoms with Crippen molar-refractivity contribution in [3.05, 3.63) is 101 Å². The van der Waals surface area contributed by atoms with Crippen LogP contribution in [0.5, 0.6) is 0 Å². The molecule has 0 aromatic heterocycles. The summed E-state index contributed by atoms with van der Waals surface area (Å²) >= 11 is 0. The molecule has 2 amide bonds. The van der Waals surface area contributed by atoms with Gasteiger partial charge in [-0.2, -0.15) is 12.7 Å². The number of carbonyl (C=O) groups excluding carboxylic acids is 2. The normalized spacial score (nSPS) is 14.5. The molecular weight excluding hydrogens is 560 g/mol. The first kappa shape index (κ1) is 32.2. The largest absolute Gasteiger partial charge is 0.352 e. The van der Waals surface area contributed by atoms with Crippen molar-refractivity contribution in [1.82, 2.24) is 14.5 Å². The van der Waals surface area contributed by atoms with E-state index in [1.54, 1.807) is 11.0 Å². The Hall–Kier alpha value is -3.69. The van der Waals surface area contributed by atoms with Gasteiger partial charge in [-0.05, 0) is 67.5 Å². The van der Waals surface area contributed by atoms with Crippen molar-refractivity contribution in [2.45, 2.75) is 71.5 Å². The molecule has 1 N–H and O–H groups in total. The maximum absolute atomic E-state index is 14.5. The van der Waals surface area contributed by atoms with E-state index in [1.807, 2.05) is 87.5 Å². The van der Waals surface area contributed by atoms with Crippen molar-refractivity contribution < 1.29 is 18.0 Å². The predicted molar refractivity (Wildman–Crippen MR) is 172 cm³/mol. The third kappa shape index (κ3) is 8.03. The molecule has 8 nitrogen and oxygen atoms in total. The Kier molecular flexibility index (Phi) is 10.6. The number of amides is 2. The van der Waals surface area contributed by atoms with Crippen LogP contribution >= 0.6 is 0 Å². The van der Waals surface area contributed by atoms with Gasteiger partial charge in [-0.25, -0.2) is 4.31 Å². The minimum absolute atomic E-state index is 0.0711. The van der Waals surface area contributed by atoms with Crippen LogP contribution in [0.2, 0.25) is 0 Å². The third-order valence-corrected chi connectivity index (χ3v) is 10.0.